The number of amides is 1. The summed E-state index contributed by atoms with van der Waals surface area (Å²) in [5.74, 6) is -0.575. The number of carbonyl (C=O) groups is 1. The summed E-state index contributed by atoms with van der Waals surface area (Å²) in [7, 11) is -4.02. The monoisotopic (exact) mass is 533 g/mol. The van der Waals surface area contributed by atoms with Crippen LogP contribution < -0.4 is 9.73 Å². The highest BCUT2D eigenvalue weighted by atomic mass is 79.9. The maximum Gasteiger partial charge on any atom is 0.264 e. The van der Waals surface area contributed by atoms with Crippen LogP contribution in [0.2, 0.25) is 5.02 Å². The largest absolute Gasteiger partial charge is 0.271 e. The molecule has 0 aliphatic heterocycles. The highest BCUT2D eigenvalue weighted by Crippen LogP contribution is 2.26. The van der Waals surface area contributed by atoms with Crippen molar-refractivity contribution in [1.29, 1.82) is 0 Å². The third kappa shape index (κ3) is 5.97. The highest BCUT2D eigenvalue weighted by molar-refractivity contribution is 9.10. The lowest BCUT2D eigenvalue weighted by Crippen LogP contribution is -2.39. The van der Waals surface area contributed by atoms with Crippen LogP contribution in [0, 0.1) is 13.8 Å². The molecule has 9 heteroatoms. The molecule has 1 amide bonds. The van der Waals surface area contributed by atoms with Gasteiger partial charge in [-0.05, 0) is 79.1 Å². The normalized spacial score (nSPS) is 11.5. The van der Waals surface area contributed by atoms with E-state index < -0.39 is 22.5 Å². The average Bonchev–Trinajstić information content (AvgIpc) is 2.76. The smallest absolute Gasteiger partial charge is 0.264 e. The van der Waals surface area contributed by atoms with Gasteiger partial charge in [-0.25, -0.2) is 13.8 Å². The lowest BCUT2D eigenvalue weighted by molar-refractivity contribution is -0.119. The number of sulfonamides is 1. The summed E-state index contributed by atoms with van der Waals surface area (Å²) in [6.45, 7) is 3.38. The summed E-state index contributed by atoms with van der Waals surface area (Å²) < 4.78 is 28.7. The molecule has 0 fully saturated rings. The third-order valence-electron chi connectivity index (χ3n) is 4.74. The van der Waals surface area contributed by atoms with E-state index in [1.165, 1.54) is 30.5 Å². The van der Waals surface area contributed by atoms with Gasteiger partial charge >= 0.3 is 0 Å². The van der Waals surface area contributed by atoms with Gasteiger partial charge in [0.05, 0.1) is 16.8 Å². The number of hydrogen-bond donors (Lipinski definition) is 1. The number of hydrazone groups is 1. The molecule has 0 radical (unpaired) electrons. The molecule has 0 saturated heterocycles. The Kier molecular flexibility index (Phi) is 7.71. The van der Waals surface area contributed by atoms with Crippen LogP contribution in [0.15, 0.2) is 81.2 Å². The maximum absolute atomic E-state index is 13.4. The Bertz CT molecular complexity index is 1240. The Balaban J connectivity index is 1.86. The van der Waals surface area contributed by atoms with Gasteiger partial charge in [0.1, 0.15) is 6.54 Å². The predicted octanol–water partition coefficient (Wildman–Crippen LogP) is 5.06. The van der Waals surface area contributed by atoms with Crippen molar-refractivity contribution in [3.63, 3.8) is 0 Å². The zero-order chi connectivity index (χ0) is 23.3. The molecule has 3 aromatic rings. The number of benzene rings is 3. The van der Waals surface area contributed by atoms with E-state index in [0.717, 1.165) is 25.5 Å². The van der Waals surface area contributed by atoms with E-state index in [1.807, 2.05) is 44.2 Å². The Hall–Kier alpha value is -2.68. The van der Waals surface area contributed by atoms with Crippen LogP contribution in [0.1, 0.15) is 16.7 Å². The second-order valence-electron chi connectivity index (χ2n) is 7.08. The van der Waals surface area contributed by atoms with Gasteiger partial charge in [-0.3, -0.25) is 9.10 Å². The number of halogens is 2. The fourth-order valence-corrected chi connectivity index (χ4v) is 4.63. The van der Waals surface area contributed by atoms with Crippen LogP contribution in [0.25, 0.3) is 0 Å². The van der Waals surface area contributed by atoms with Gasteiger partial charge in [-0.15, -0.1) is 0 Å². The van der Waals surface area contributed by atoms with Gasteiger partial charge in [-0.2, -0.15) is 5.10 Å². The molecule has 0 atom stereocenters. The van der Waals surface area contributed by atoms with Crippen LogP contribution in [-0.2, 0) is 14.8 Å². The summed E-state index contributed by atoms with van der Waals surface area (Å²) in [6, 6.07) is 18.4. The summed E-state index contributed by atoms with van der Waals surface area (Å²) in [6.07, 6.45) is 1.48. The van der Waals surface area contributed by atoms with Crippen LogP contribution in [0.5, 0.6) is 0 Å². The summed E-state index contributed by atoms with van der Waals surface area (Å²) >= 11 is 9.26. The molecule has 3 aromatic carbocycles. The van der Waals surface area contributed by atoms with Crippen LogP contribution in [-0.4, -0.2) is 27.1 Å². The molecule has 3 rings (SSSR count). The highest BCUT2D eigenvalue weighted by Gasteiger charge is 2.27. The van der Waals surface area contributed by atoms with E-state index in [4.69, 9.17) is 11.6 Å². The average molecular weight is 535 g/mol. The Morgan fingerprint density at radius 3 is 2.31 bits per heavy atom. The standard InChI is InChI=1S/C23H21BrClN3O3S/c1-16-3-10-21(13-17(16)2)28(32(30,31)22-11-8-20(25)9-12-22)15-23(29)27-26-14-18-4-6-19(24)7-5-18/h3-14H,15H2,1-2H3,(H,27,29)/b26-14-. The fraction of sp³-hybridized carbons (Fsp3) is 0.130. The molecule has 166 valence electrons. The van der Waals surface area contributed by atoms with Crippen molar-refractivity contribution >= 4 is 55.4 Å². The number of nitrogens with zero attached hydrogens (tertiary/aromatic N) is 2. The van der Waals surface area contributed by atoms with E-state index in [0.29, 0.717) is 10.7 Å². The van der Waals surface area contributed by atoms with Crippen molar-refractivity contribution in [3.8, 4) is 0 Å². The predicted molar refractivity (Wildman–Crippen MR) is 132 cm³/mol. The minimum atomic E-state index is -4.02. The van der Waals surface area contributed by atoms with Crippen molar-refractivity contribution in [2.24, 2.45) is 5.10 Å². The van der Waals surface area contributed by atoms with E-state index in [2.05, 4.69) is 26.5 Å². The minimum Gasteiger partial charge on any atom is -0.271 e. The van der Waals surface area contributed by atoms with E-state index >= 15 is 0 Å². The summed E-state index contributed by atoms with van der Waals surface area (Å²) in [5, 5.41) is 4.36. The van der Waals surface area contributed by atoms with Crippen molar-refractivity contribution < 1.29 is 13.2 Å². The van der Waals surface area contributed by atoms with Crippen molar-refractivity contribution in [3.05, 3.63) is 92.9 Å². The zero-order valence-corrected chi connectivity index (χ0v) is 20.6. The number of nitrogens with one attached hydrogen (secondary N) is 1. The molecule has 0 saturated carbocycles. The van der Waals surface area contributed by atoms with Crippen LogP contribution in [0.3, 0.4) is 0 Å². The lowest BCUT2D eigenvalue weighted by Gasteiger charge is -2.24. The molecule has 1 N–H and O–H groups in total. The van der Waals surface area contributed by atoms with Gasteiger partial charge in [0.2, 0.25) is 0 Å². The number of anilines is 1. The third-order valence-corrected chi connectivity index (χ3v) is 7.31. The van der Waals surface area contributed by atoms with Crippen molar-refractivity contribution in [2.45, 2.75) is 18.7 Å². The summed E-state index contributed by atoms with van der Waals surface area (Å²) in [4.78, 5) is 12.6. The first-order chi connectivity index (χ1) is 15.2. The molecular formula is C23H21BrClN3O3S. The van der Waals surface area contributed by atoms with Crippen molar-refractivity contribution in [2.75, 3.05) is 10.8 Å². The number of carbonyl (C=O) groups excluding carboxylic acids is 1. The van der Waals surface area contributed by atoms with Gasteiger partial charge in [-0.1, -0.05) is 45.7 Å². The molecular weight excluding hydrogens is 514 g/mol. The maximum atomic E-state index is 13.4. The van der Waals surface area contributed by atoms with Gasteiger partial charge < -0.3 is 0 Å². The SMILES string of the molecule is Cc1ccc(N(CC(=O)N/N=C\c2ccc(Br)cc2)S(=O)(=O)c2ccc(Cl)cc2)cc1C. The molecule has 0 heterocycles. The number of hydrogen-bond acceptors (Lipinski definition) is 4. The number of aryl methyl sites for hydroxylation is 2. The second kappa shape index (κ2) is 10.3. The topological polar surface area (TPSA) is 78.8 Å². The lowest BCUT2D eigenvalue weighted by atomic mass is 10.1. The minimum absolute atomic E-state index is 0.0336. The van der Waals surface area contributed by atoms with Gasteiger partial charge in [0.15, 0.2) is 0 Å². The molecule has 32 heavy (non-hydrogen) atoms. The first kappa shape index (κ1) is 24.0. The van der Waals surface area contributed by atoms with Crippen molar-refractivity contribution in [1.82, 2.24) is 5.43 Å². The van der Waals surface area contributed by atoms with Crippen LogP contribution in [0.4, 0.5) is 5.69 Å². The molecule has 0 aromatic heterocycles. The van der Waals surface area contributed by atoms with E-state index in [1.54, 1.807) is 12.1 Å². The Labute approximate surface area is 201 Å². The first-order valence-electron chi connectivity index (χ1n) is 9.60. The second-order valence-corrected chi connectivity index (χ2v) is 10.3. The zero-order valence-electron chi connectivity index (χ0n) is 17.4. The fourth-order valence-electron chi connectivity index (χ4n) is 2.82. The molecule has 0 spiro atoms. The van der Waals surface area contributed by atoms with E-state index in [-0.39, 0.29) is 4.90 Å². The summed E-state index contributed by atoms with van der Waals surface area (Å²) in [5.41, 5.74) is 5.49. The molecule has 6 nitrogen and oxygen atoms in total. The van der Waals surface area contributed by atoms with Gasteiger partial charge in [0, 0.05) is 9.50 Å². The number of rotatable bonds is 7. The van der Waals surface area contributed by atoms with E-state index in [9.17, 15) is 13.2 Å². The molecule has 0 aliphatic rings. The first-order valence-corrected chi connectivity index (χ1v) is 12.2. The molecule has 0 aliphatic carbocycles. The molecule has 0 bridgehead atoms. The Morgan fingerprint density at radius 1 is 1.03 bits per heavy atom. The Morgan fingerprint density at radius 2 is 1.69 bits per heavy atom. The van der Waals surface area contributed by atoms with Gasteiger partial charge in [0.25, 0.3) is 15.9 Å². The molecule has 0 unspecified atom stereocenters. The quantitative estimate of drug-likeness (QED) is 0.340. The van der Waals surface area contributed by atoms with Crippen LogP contribution >= 0.6 is 27.5 Å².